The average molecular weight is 302 g/mol. The van der Waals surface area contributed by atoms with Gasteiger partial charge >= 0.3 is 0 Å². The Hall–Kier alpha value is -2.08. The molecular formula is C23H26. The van der Waals surface area contributed by atoms with Gasteiger partial charge in [-0.1, -0.05) is 91.7 Å². The molecule has 0 nitrogen and oxygen atoms in total. The smallest absolute Gasteiger partial charge is 0.00559 e. The molecule has 0 aromatic heterocycles. The van der Waals surface area contributed by atoms with Crippen LogP contribution in [0.15, 0.2) is 78.4 Å². The van der Waals surface area contributed by atoms with Crippen LogP contribution in [0.5, 0.6) is 0 Å². The van der Waals surface area contributed by atoms with E-state index in [2.05, 4.69) is 79.7 Å². The maximum atomic E-state index is 2.42. The fourth-order valence-electron chi connectivity index (χ4n) is 3.25. The zero-order chi connectivity index (χ0) is 15.9. The maximum Gasteiger partial charge on any atom is 0.00559 e. The lowest BCUT2D eigenvalue weighted by Crippen LogP contribution is -1.99. The highest BCUT2D eigenvalue weighted by Crippen LogP contribution is 2.28. The fraction of sp³-hybridized carbons (Fsp3) is 0.304. The second kappa shape index (κ2) is 7.97. The van der Waals surface area contributed by atoms with Crippen molar-refractivity contribution in [3.05, 3.63) is 95.1 Å². The summed E-state index contributed by atoms with van der Waals surface area (Å²) in [6, 6.07) is 20.0. The molecular weight excluding hydrogens is 276 g/mol. The molecule has 0 bridgehead atoms. The van der Waals surface area contributed by atoms with Gasteiger partial charge < -0.3 is 0 Å². The van der Waals surface area contributed by atoms with Gasteiger partial charge in [0.2, 0.25) is 0 Å². The van der Waals surface area contributed by atoms with Gasteiger partial charge in [-0.3, -0.25) is 0 Å². The summed E-state index contributed by atoms with van der Waals surface area (Å²) in [4.78, 5) is 0. The van der Waals surface area contributed by atoms with Gasteiger partial charge in [0.1, 0.15) is 0 Å². The minimum Gasteiger partial charge on any atom is -0.0804 e. The molecule has 1 unspecified atom stereocenters. The van der Waals surface area contributed by atoms with Crippen molar-refractivity contribution in [2.45, 2.75) is 44.9 Å². The summed E-state index contributed by atoms with van der Waals surface area (Å²) in [5.41, 5.74) is 5.81. The Morgan fingerprint density at radius 1 is 0.826 bits per heavy atom. The lowest BCUT2D eigenvalue weighted by Gasteiger charge is -2.16. The summed E-state index contributed by atoms with van der Waals surface area (Å²) in [5, 5.41) is 0. The number of hydrogen-bond acceptors (Lipinski definition) is 0. The summed E-state index contributed by atoms with van der Waals surface area (Å²) in [7, 11) is 0. The fourth-order valence-corrected chi connectivity index (χ4v) is 3.25. The van der Waals surface area contributed by atoms with Gasteiger partial charge in [-0.25, -0.2) is 0 Å². The van der Waals surface area contributed by atoms with Crippen molar-refractivity contribution in [2.24, 2.45) is 0 Å². The van der Waals surface area contributed by atoms with Crippen LogP contribution in [-0.2, 0) is 12.8 Å². The van der Waals surface area contributed by atoms with E-state index in [9.17, 15) is 0 Å². The first-order chi connectivity index (χ1) is 11.3. The first-order valence-corrected chi connectivity index (χ1v) is 8.85. The lowest BCUT2D eigenvalue weighted by molar-refractivity contribution is 0.825. The molecule has 0 heteroatoms. The largest absolute Gasteiger partial charge is 0.0804 e. The Kier molecular flexibility index (Phi) is 5.47. The van der Waals surface area contributed by atoms with E-state index in [0.717, 1.165) is 19.3 Å². The molecule has 3 rings (SSSR count). The highest BCUT2D eigenvalue weighted by Gasteiger charge is 2.10. The highest BCUT2D eigenvalue weighted by atomic mass is 14.1. The third kappa shape index (κ3) is 4.45. The van der Waals surface area contributed by atoms with Crippen molar-refractivity contribution in [3.63, 3.8) is 0 Å². The highest BCUT2D eigenvalue weighted by molar-refractivity contribution is 5.33. The third-order valence-corrected chi connectivity index (χ3v) is 4.67. The van der Waals surface area contributed by atoms with E-state index in [-0.39, 0.29) is 0 Å². The predicted molar refractivity (Wildman–Crippen MR) is 99.8 cm³/mol. The van der Waals surface area contributed by atoms with E-state index in [0.29, 0.717) is 5.92 Å². The molecule has 0 fully saturated rings. The molecule has 0 spiro atoms. The molecule has 0 heterocycles. The van der Waals surface area contributed by atoms with Crippen LogP contribution >= 0.6 is 0 Å². The first kappa shape index (κ1) is 15.8. The van der Waals surface area contributed by atoms with E-state index in [4.69, 9.17) is 0 Å². The van der Waals surface area contributed by atoms with Gasteiger partial charge in [-0.2, -0.15) is 0 Å². The molecule has 1 aliphatic rings. The number of benzene rings is 2. The summed E-state index contributed by atoms with van der Waals surface area (Å²) < 4.78 is 0. The standard InChI is InChI=1S/C23H26/c1-2-6-19-9-11-20(12-10-19)13-14-21-15-17-23(18-16-21)22-7-4-3-5-8-22/h3-5,7-12,15-17,23H,2,6,13-14,18H2,1H3. The van der Waals surface area contributed by atoms with E-state index < -0.39 is 0 Å². The molecule has 0 aliphatic heterocycles. The Morgan fingerprint density at radius 3 is 2.13 bits per heavy atom. The monoisotopic (exact) mass is 302 g/mol. The molecule has 0 N–H and O–H groups in total. The minimum absolute atomic E-state index is 0.549. The molecule has 0 amide bonds. The zero-order valence-corrected chi connectivity index (χ0v) is 14.0. The molecule has 2 aromatic carbocycles. The second-order valence-electron chi connectivity index (χ2n) is 6.46. The Labute approximate surface area is 140 Å². The number of hydrogen-bond donors (Lipinski definition) is 0. The molecule has 23 heavy (non-hydrogen) atoms. The summed E-state index contributed by atoms with van der Waals surface area (Å²) in [6.07, 6.45) is 12.9. The third-order valence-electron chi connectivity index (χ3n) is 4.67. The SMILES string of the molecule is CCCc1ccc(CCC2=CCC(c3ccccc3)C=C2)cc1. The van der Waals surface area contributed by atoms with E-state index in [1.165, 1.54) is 35.1 Å². The van der Waals surface area contributed by atoms with E-state index >= 15 is 0 Å². The van der Waals surface area contributed by atoms with Gasteiger partial charge in [0.05, 0.1) is 0 Å². The average Bonchev–Trinajstić information content (AvgIpc) is 2.63. The van der Waals surface area contributed by atoms with Gasteiger partial charge in [-0.05, 0) is 42.4 Å². The lowest BCUT2D eigenvalue weighted by atomic mass is 9.89. The molecule has 0 radical (unpaired) electrons. The van der Waals surface area contributed by atoms with Gasteiger partial charge in [0.25, 0.3) is 0 Å². The number of aryl methyl sites for hydroxylation is 2. The molecule has 0 saturated carbocycles. The molecule has 118 valence electrons. The Bertz CT molecular complexity index is 659. The summed E-state index contributed by atoms with van der Waals surface area (Å²) in [5.74, 6) is 0.549. The van der Waals surface area contributed by atoms with Crippen molar-refractivity contribution < 1.29 is 0 Å². The van der Waals surface area contributed by atoms with Crippen molar-refractivity contribution in [1.82, 2.24) is 0 Å². The first-order valence-electron chi connectivity index (χ1n) is 8.85. The summed E-state index contributed by atoms with van der Waals surface area (Å²) >= 11 is 0. The normalized spacial score (nSPS) is 17.1. The number of allylic oxidation sites excluding steroid dienone is 4. The van der Waals surface area contributed by atoms with Crippen LogP contribution in [0, 0.1) is 0 Å². The van der Waals surface area contributed by atoms with E-state index in [1.54, 1.807) is 0 Å². The van der Waals surface area contributed by atoms with Crippen LogP contribution < -0.4 is 0 Å². The maximum absolute atomic E-state index is 2.42. The van der Waals surface area contributed by atoms with Crippen molar-refractivity contribution in [3.8, 4) is 0 Å². The van der Waals surface area contributed by atoms with Gasteiger partial charge in [0.15, 0.2) is 0 Å². The van der Waals surface area contributed by atoms with Gasteiger partial charge in [-0.15, -0.1) is 0 Å². The van der Waals surface area contributed by atoms with Crippen molar-refractivity contribution in [1.29, 1.82) is 0 Å². The Morgan fingerprint density at radius 2 is 1.52 bits per heavy atom. The van der Waals surface area contributed by atoms with Crippen LogP contribution in [0.1, 0.15) is 48.8 Å². The van der Waals surface area contributed by atoms with Crippen LogP contribution in [0.3, 0.4) is 0 Å². The predicted octanol–water partition coefficient (Wildman–Crippen LogP) is 6.24. The van der Waals surface area contributed by atoms with Crippen molar-refractivity contribution >= 4 is 0 Å². The molecule has 1 aliphatic carbocycles. The van der Waals surface area contributed by atoms with Crippen molar-refractivity contribution in [2.75, 3.05) is 0 Å². The topological polar surface area (TPSA) is 0 Å². The number of rotatable bonds is 6. The summed E-state index contributed by atoms with van der Waals surface area (Å²) in [6.45, 7) is 2.23. The molecule has 0 saturated heterocycles. The minimum atomic E-state index is 0.549. The van der Waals surface area contributed by atoms with Gasteiger partial charge in [0, 0.05) is 5.92 Å². The zero-order valence-electron chi connectivity index (χ0n) is 14.0. The van der Waals surface area contributed by atoms with Crippen LogP contribution in [0.4, 0.5) is 0 Å². The molecule has 2 aromatic rings. The van der Waals surface area contributed by atoms with Crippen LogP contribution in [-0.4, -0.2) is 0 Å². The van der Waals surface area contributed by atoms with Crippen LogP contribution in [0.2, 0.25) is 0 Å². The quantitative estimate of drug-likeness (QED) is 0.592. The van der Waals surface area contributed by atoms with Crippen LogP contribution in [0.25, 0.3) is 0 Å². The molecule has 1 atom stereocenters. The second-order valence-corrected chi connectivity index (χ2v) is 6.46. The van der Waals surface area contributed by atoms with E-state index in [1.807, 2.05) is 0 Å². The Balaban J connectivity index is 1.52.